The molecule has 0 aliphatic rings. The van der Waals surface area contributed by atoms with Crippen molar-refractivity contribution in [2.24, 2.45) is 0 Å². The summed E-state index contributed by atoms with van der Waals surface area (Å²) in [5.41, 5.74) is 3.06. The van der Waals surface area contributed by atoms with Gasteiger partial charge in [-0.25, -0.2) is 14.6 Å². The highest BCUT2D eigenvalue weighted by Gasteiger charge is 2.06. The molecule has 140 valence electrons. The Morgan fingerprint density at radius 2 is 1.89 bits per heavy atom. The number of rotatable bonds is 6. The lowest BCUT2D eigenvalue weighted by Crippen LogP contribution is -2.18. The summed E-state index contributed by atoms with van der Waals surface area (Å²) >= 11 is 0. The molecule has 0 saturated carbocycles. The lowest BCUT2D eigenvalue weighted by atomic mass is 10.2. The predicted octanol–water partition coefficient (Wildman–Crippen LogP) is 3.52. The molecular formula is C22H19N3O3. The molecule has 28 heavy (non-hydrogen) atoms. The van der Waals surface area contributed by atoms with E-state index < -0.39 is 5.97 Å². The first kappa shape index (κ1) is 17.7. The third-order valence-electron chi connectivity index (χ3n) is 4.46. The van der Waals surface area contributed by atoms with Crippen molar-refractivity contribution in [1.29, 1.82) is 0 Å². The van der Waals surface area contributed by atoms with Gasteiger partial charge in [0, 0.05) is 18.0 Å². The van der Waals surface area contributed by atoms with Crippen LogP contribution in [0, 0.1) is 0 Å². The van der Waals surface area contributed by atoms with Gasteiger partial charge in [0.2, 0.25) is 0 Å². The van der Waals surface area contributed by atoms with E-state index in [9.17, 15) is 9.59 Å². The summed E-state index contributed by atoms with van der Waals surface area (Å²) in [6, 6.07) is 19.1. The van der Waals surface area contributed by atoms with Gasteiger partial charge in [-0.2, -0.15) is 0 Å². The number of nitrogens with zero attached hydrogens (tertiary/aromatic N) is 2. The predicted molar refractivity (Wildman–Crippen MR) is 109 cm³/mol. The van der Waals surface area contributed by atoms with Crippen molar-refractivity contribution in [1.82, 2.24) is 14.5 Å². The molecule has 2 aromatic carbocycles. The molecule has 0 spiro atoms. The molecule has 0 aliphatic heterocycles. The Labute approximate surface area is 161 Å². The highest BCUT2D eigenvalue weighted by molar-refractivity contribution is 5.87. The van der Waals surface area contributed by atoms with Gasteiger partial charge in [0.05, 0.1) is 28.9 Å². The number of benzene rings is 2. The lowest BCUT2D eigenvalue weighted by molar-refractivity contribution is -0.137. The molecule has 4 rings (SSSR count). The van der Waals surface area contributed by atoms with E-state index in [1.807, 2.05) is 60.7 Å². The van der Waals surface area contributed by atoms with E-state index in [4.69, 9.17) is 4.74 Å². The first-order valence-corrected chi connectivity index (χ1v) is 9.09. The zero-order valence-electron chi connectivity index (χ0n) is 15.2. The van der Waals surface area contributed by atoms with Crippen LogP contribution < -0.4 is 5.69 Å². The van der Waals surface area contributed by atoms with Crippen molar-refractivity contribution >= 4 is 34.0 Å². The summed E-state index contributed by atoms with van der Waals surface area (Å²) in [6.07, 6.45) is 3.56. The number of H-pyrrole nitrogens is 1. The minimum absolute atomic E-state index is 0.158. The second-order valence-electron chi connectivity index (χ2n) is 6.38. The summed E-state index contributed by atoms with van der Waals surface area (Å²) in [4.78, 5) is 31.2. The molecular weight excluding hydrogens is 354 g/mol. The van der Waals surface area contributed by atoms with Gasteiger partial charge in [-0.1, -0.05) is 36.4 Å². The van der Waals surface area contributed by atoms with Gasteiger partial charge in [-0.3, -0.25) is 4.57 Å². The second-order valence-corrected chi connectivity index (χ2v) is 6.38. The van der Waals surface area contributed by atoms with Crippen molar-refractivity contribution in [2.75, 3.05) is 6.61 Å². The Bertz CT molecular complexity index is 1220. The molecule has 0 saturated heterocycles. The Morgan fingerprint density at radius 3 is 2.82 bits per heavy atom. The number of aryl methyl sites for hydroxylation is 1. The first-order valence-electron chi connectivity index (χ1n) is 9.09. The number of aromatic amines is 1. The fraction of sp³-hybridized carbons (Fsp3) is 0.136. The van der Waals surface area contributed by atoms with E-state index in [2.05, 4.69) is 9.97 Å². The zero-order chi connectivity index (χ0) is 19.3. The number of para-hydroxylation sites is 3. The maximum atomic E-state index is 12.0. The van der Waals surface area contributed by atoms with Crippen LogP contribution in [0.15, 0.2) is 71.5 Å². The van der Waals surface area contributed by atoms with Crippen molar-refractivity contribution in [3.63, 3.8) is 0 Å². The van der Waals surface area contributed by atoms with Crippen LogP contribution in [0.25, 0.3) is 28.0 Å². The van der Waals surface area contributed by atoms with E-state index in [1.54, 1.807) is 10.6 Å². The normalized spacial score (nSPS) is 11.4. The van der Waals surface area contributed by atoms with E-state index in [-0.39, 0.29) is 12.3 Å². The molecule has 1 N–H and O–H groups in total. The molecule has 0 unspecified atom stereocenters. The van der Waals surface area contributed by atoms with Crippen molar-refractivity contribution in [3.05, 3.63) is 82.9 Å². The second kappa shape index (κ2) is 7.92. The number of carbonyl (C=O) groups excluding carboxylic acids is 1. The van der Waals surface area contributed by atoms with Crippen LogP contribution >= 0.6 is 0 Å². The molecule has 0 bridgehead atoms. The number of pyridine rings is 1. The fourth-order valence-electron chi connectivity index (χ4n) is 3.10. The van der Waals surface area contributed by atoms with Crippen molar-refractivity contribution in [3.8, 4) is 0 Å². The number of hydrogen-bond acceptors (Lipinski definition) is 4. The highest BCUT2D eigenvalue weighted by Crippen LogP contribution is 2.12. The van der Waals surface area contributed by atoms with Crippen LogP contribution in [0.3, 0.4) is 0 Å². The van der Waals surface area contributed by atoms with Gasteiger partial charge in [-0.15, -0.1) is 0 Å². The van der Waals surface area contributed by atoms with Crippen molar-refractivity contribution < 1.29 is 9.53 Å². The van der Waals surface area contributed by atoms with Crippen LogP contribution in [0.5, 0.6) is 0 Å². The van der Waals surface area contributed by atoms with Crippen LogP contribution in [0.2, 0.25) is 0 Å². The molecule has 0 fully saturated rings. The number of fused-ring (bicyclic) bond motifs is 2. The van der Waals surface area contributed by atoms with Gasteiger partial charge >= 0.3 is 11.7 Å². The third kappa shape index (κ3) is 3.86. The zero-order valence-corrected chi connectivity index (χ0v) is 15.2. The van der Waals surface area contributed by atoms with E-state index in [1.165, 1.54) is 6.08 Å². The first-order chi connectivity index (χ1) is 13.7. The average molecular weight is 373 g/mol. The van der Waals surface area contributed by atoms with Gasteiger partial charge < -0.3 is 9.72 Å². The molecule has 6 heteroatoms. The smallest absolute Gasteiger partial charge is 0.330 e. The number of ether oxygens (including phenoxy) is 1. The minimum Gasteiger partial charge on any atom is -0.462 e. The molecule has 6 nitrogen and oxygen atoms in total. The molecule has 2 aromatic heterocycles. The maximum Gasteiger partial charge on any atom is 0.330 e. The number of carbonyl (C=O) groups is 1. The average Bonchev–Trinajstić information content (AvgIpc) is 3.04. The third-order valence-corrected chi connectivity index (χ3v) is 4.46. The summed E-state index contributed by atoms with van der Waals surface area (Å²) in [5.74, 6) is -0.429. The fourth-order valence-corrected chi connectivity index (χ4v) is 3.10. The standard InChI is InChI=1S/C22H19N3O3/c26-21(13-12-17-11-10-16-6-1-2-7-18(16)23-17)28-15-5-14-25-20-9-4-3-8-19(20)24-22(25)27/h1-4,6-13H,5,14-15H2,(H,24,27)/b13-12+. The summed E-state index contributed by atoms with van der Waals surface area (Å²) in [7, 11) is 0. The number of esters is 1. The number of nitrogens with one attached hydrogen (secondary N) is 1. The molecule has 0 atom stereocenters. The molecule has 2 heterocycles. The quantitative estimate of drug-likeness (QED) is 0.319. The van der Waals surface area contributed by atoms with Crippen LogP contribution in [0.4, 0.5) is 0 Å². The van der Waals surface area contributed by atoms with E-state index in [0.29, 0.717) is 18.7 Å². The maximum absolute atomic E-state index is 12.0. The van der Waals surface area contributed by atoms with E-state index >= 15 is 0 Å². The molecule has 0 aliphatic carbocycles. The highest BCUT2D eigenvalue weighted by atomic mass is 16.5. The Kier molecular flexibility index (Phi) is 5.01. The molecule has 0 radical (unpaired) electrons. The van der Waals surface area contributed by atoms with Crippen LogP contribution in [-0.4, -0.2) is 27.1 Å². The number of hydrogen-bond donors (Lipinski definition) is 1. The summed E-state index contributed by atoms with van der Waals surface area (Å²) < 4.78 is 6.87. The molecule has 0 amide bonds. The Hall–Kier alpha value is -3.67. The SMILES string of the molecule is O=C(/C=C/c1ccc2ccccc2n1)OCCCn1c(=O)[nH]c2ccccc21. The van der Waals surface area contributed by atoms with Crippen LogP contribution in [-0.2, 0) is 16.1 Å². The number of imidazole rings is 1. The molecule has 4 aromatic rings. The summed E-state index contributed by atoms with van der Waals surface area (Å²) in [5, 5.41) is 1.05. The van der Waals surface area contributed by atoms with Gasteiger partial charge in [0.25, 0.3) is 0 Å². The monoisotopic (exact) mass is 373 g/mol. The Morgan fingerprint density at radius 1 is 1.07 bits per heavy atom. The van der Waals surface area contributed by atoms with Crippen LogP contribution in [0.1, 0.15) is 12.1 Å². The van der Waals surface area contributed by atoms with Gasteiger partial charge in [0.1, 0.15) is 0 Å². The topological polar surface area (TPSA) is 77.0 Å². The van der Waals surface area contributed by atoms with Crippen molar-refractivity contribution in [2.45, 2.75) is 13.0 Å². The van der Waals surface area contributed by atoms with Gasteiger partial charge in [0.15, 0.2) is 0 Å². The largest absolute Gasteiger partial charge is 0.462 e. The minimum atomic E-state index is -0.429. The summed E-state index contributed by atoms with van der Waals surface area (Å²) in [6.45, 7) is 0.715. The number of aromatic nitrogens is 3. The van der Waals surface area contributed by atoms with Gasteiger partial charge in [-0.05, 0) is 36.8 Å². The lowest BCUT2D eigenvalue weighted by Gasteiger charge is -2.04. The Balaban J connectivity index is 1.31. The van der Waals surface area contributed by atoms with E-state index in [0.717, 1.165) is 21.9 Å².